The summed E-state index contributed by atoms with van der Waals surface area (Å²) >= 11 is 0. The molecule has 170 valence electrons. The molecule has 2 atom stereocenters. The van der Waals surface area contributed by atoms with Crippen LogP contribution in [0.4, 0.5) is 0 Å². The van der Waals surface area contributed by atoms with Crippen molar-refractivity contribution in [2.24, 2.45) is 11.8 Å². The van der Waals surface area contributed by atoms with E-state index in [4.69, 9.17) is 4.74 Å². The average molecular weight is 422 g/mol. The number of likely N-dealkylation sites (N-methyl/N-ethyl adjacent to an activating group) is 1. The molecule has 1 heterocycles. The van der Waals surface area contributed by atoms with E-state index in [2.05, 4.69) is 11.8 Å². The Hall–Kier alpha value is -2.07. The van der Waals surface area contributed by atoms with Gasteiger partial charge in [0, 0.05) is 20.1 Å². The van der Waals surface area contributed by atoms with Crippen LogP contribution in [0.1, 0.15) is 54.9 Å². The normalized spacial score (nSPS) is 18.1. The zero-order chi connectivity index (χ0) is 23.4. The molecule has 0 aromatic heterocycles. The summed E-state index contributed by atoms with van der Waals surface area (Å²) in [5.74, 6) is 4.47. The third kappa shape index (κ3) is 7.02. The molecule has 7 nitrogen and oxygen atoms in total. The topological polar surface area (TPSA) is 70.2 Å². The first-order valence-electron chi connectivity index (χ1n) is 10.6. The number of carbonyl (C=O) groups is 3. The van der Waals surface area contributed by atoms with E-state index in [1.165, 1.54) is 4.90 Å². The minimum absolute atomic E-state index is 0.0907. The predicted molar refractivity (Wildman–Crippen MR) is 117 cm³/mol. The maximum atomic E-state index is 13.1. The summed E-state index contributed by atoms with van der Waals surface area (Å²) in [6.45, 7) is 13.9. The number of hydrogen-bond acceptors (Lipinski definition) is 5. The van der Waals surface area contributed by atoms with Crippen molar-refractivity contribution in [3.63, 3.8) is 0 Å². The molecule has 1 saturated heterocycles. The van der Waals surface area contributed by atoms with Crippen LogP contribution in [0.25, 0.3) is 0 Å². The highest BCUT2D eigenvalue weighted by molar-refractivity contribution is 5.95. The Labute approximate surface area is 182 Å². The zero-order valence-corrected chi connectivity index (χ0v) is 20.3. The molecule has 0 aromatic rings. The van der Waals surface area contributed by atoms with Crippen molar-refractivity contribution < 1.29 is 19.1 Å². The largest absolute Gasteiger partial charge is 0.458 e. The van der Waals surface area contributed by atoms with Gasteiger partial charge in [-0.05, 0) is 67.0 Å². The molecule has 0 saturated carbocycles. The van der Waals surface area contributed by atoms with E-state index in [1.807, 2.05) is 67.5 Å². The number of carbonyl (C=O) groups excluding carboxylic acids is 3. The van der Waals surface area contributed by atoms with Gasteiger partial charge in [-0.3, -0.25) is 14.5 Å². The van der Waals surface area contributed by atoms with Gasteiger partial charge in [-0.15, -0.1) is 0 Å². The molecule has 1 aliphatic heterocycles. The van der Waals surface area contributed by atoms with Crippen LogP contribution in [-0.2, 0) is 19.1 Å². The standard InChI is InChI=1S/C23H39N3O4/c1-16(2)19(21(29)30-22(3,4)5)25(10)20(28)17-12-14-26(15-17)18(27)11-13-23(6,7)24(8)9/h16-17,19H,12,14-15H2,1-10H3/t17-,19?/m0/s1. The van der Waals surface area contributed by atoms with Crippen LogP contribution in [0.3, 0.4) is 0 Å². The summed E-state index contributed by atoms with van der Waals surface area (Å²) in [5.41, 5.74) is -1.04. The highest BCUT2D eigenvalue weighted by Crippen LogP contribution is 2.23. The zero-order valence-electron chi connectivity index (χ0n) is 20.3. The Kier molecular flexibility index (Phi) is 8.50. The van der Waals surface area contributed by atoms with Crippen LogP contribution in [-0.4, -0.2) is 83.9 Å². The van der Waals surface area contributed by atoms with Gasteiger partial charge in [0.1, 0.15) is 11.6 Å². The Morgan fingerprint density at radius 3 is 2.10 bits per heavy atom. The minimum atomic E-state index is -0.665. The molecule has 2 amide bonds. The summed E-state index contributed by atoms with van der Waals surface area (Å²) in [4.78, 5) is 43.3. The smallest absolute Gasteiger partial charge is 0.329 e. The van der Waals surface area contributed by atoms with E-state index >= 15 is 0 Å². The Morgan fingerprint density at radius 2 is 1.63 bits per heavy atom. The van der Waals surface area contributed by atoms with Crippen LogP contribution in [0, 0.1) is 23.7 Å². The van der Waals surface area contributed by atoms with Crippen molar-refractivity contribution in [2.75, 3.05) is 34.2 Å². The molecule has 0 spiro atoms. The SMILES string of the molecule is CC(C)C(C(=O)OC(C)(C)C)N(C)C(=O)[C@H]1CCN(C(=O)C#CC(C)(C)N(C)C)C1. The number of esters is 1. The van der Waals surface area contributed by atoms with Gasteiger partial charge < -0.3 is 14.5 Å². The molecule has 0 radical (unpaired) electrons. The lowest BCUT2D eigenvalue weighted by atomic mass is 9.99. The Morgan fingerprint density at radius 1 is 1.07 bits per heavy atom. The fourth-order valence-corrected chi connectivity index (χ4v) is 3.21. The third-order valence-electron chi connectivity index (χ3n) is 5.46. The van der Waals surface area contributed by atoms with Crippen molar-refractivity contribution in [3.8, 4) is 11.8 Å². The van der Waals surface area contributed by atoms with Gasteiger partial charge in [0.15, 0.2) is 0 Å². The lowest BCUT2D eigenvalue weighted by molar-refractivity contribution is -0.166. The first-order valence-corrected chi connectivity index (χ1v) is 10.6. The van der Waals surface area contributed by atoms with E-state index in [-0.39, 0.29) is 23.7 Å². The molecule has 1 fully saturated rings. The number of nitrogens with zero attached hydrogens (tertiary/aromatic N) is 3. The Bertz CT molecular complexity index is 710. The first-order chi connectivity index (χ1) is 13.6. The molecule has 7 heteroatoms. The van der Waals surface area contributed by atoms with Gasteiger partial charge in [0.05, 0.1) is 11.5 Å². The molecule has 1 rings (SSSR count). The fourth-order valence-electron chi connectivity index (χ4n) is 3.21. The quantitative estimate of drug-likeness (QED) is 0.502. The van der Waals surface area contributed by atoms with Crippen molar-refractivity contribution in [2.45, 2.75) is 72.1 Å². The van der Waals surface area contributed by atoms with Crippen LogP contribution in [0.2, 0.25) is 0 Å². The van der Waals surface area contributed by atoms with Crippen molar-refractivity contribution in [1.29, 1.82) is 0 Å². The maximum Gasteiger partial charge on any atom is 0.329 e. The van der Waals surface area contributed by atoms with Gasteiger partial charge in [0.2, 0.25) is 5.91 Å². The molecule has 30 heavy (non-hydrogen) atoms. The van der Waals surface area contributed by atoms with Crippen LogP contribution < -0.4 is 0 Å². The van der Waals surface area contributed by atoms with Crippen molar-refractivity contribution in [1.82, 2.24) is 14.7 Å². The number of likely N-dealkylation sites (tertiary alicyclic amines) is 1. The summed E-state index contributed by atoms with van der Waals surface area (Å²) in [6, 6.07) is -0.665. The van der Waals surface area contributed by atoms with E-state index in [0.29, 0.717) is 19.5 Å². The van der Waals surface area contributed by atoms with E-state index in [1.54, 1.807) is 11.9 Å². The van der Waals surface area contributed by atoms with Gasteiger partial charge in [0.25, 0.3) is 5.91 Å². The second kappa shape index (κ2) is 9.82. The van der Waals surface area contributed by atoms with E-state index in [0.717, 1.165) is 0 Å². The van der Waals surface area contributed by atoms with Crippen molar-refractivity contribution >= 4 is 17.8 Å². The van der Waals surface area contributed by atoms with Gasteiger partial charge in [-0.1, -0.05) is 19.8 Å². The fraction of sp³-hybridized carbons (Fsp3) is 0.783. The van der Waals surface area contributed by atoms with Gasteiger partial charge >= 0.3 is 5.97 Å². The first kappa shape index (κ1) is 26.0. The number of hydrogen-bond donors (Lipinski definition) is 0. The molecule has 0 bridgehead atoms. The number of amides is 2. The second-order valence-electron chi connectivity index (χ2n) is 10.1. The minimum Gasteiger partial charge on any atom is -0.458 e. The second-order valence-corrected chi connectivity index (χ2v) is 10.1. The third-order valence-corrected chi connectivity index (χ3v) is 5.46. The summed E-state index contributed by atoms with van der Waals surface area (Å²) < 4.78 is 5.52. The predicted octanol–water partition coefficient (Wildman–Crippen LogP) is 2.00. The maximum absolute atomic E-state index is 13.1. The molecule has 1 unspecified atom stereocenters. The number of ether oxygens (including phenoxy) is 1. The van der Waals surface area contributed by atoms with Crippen molar-refractivity contribution in [3.05, 3.63) is 0 Å². The number of rotatable bonds is 5. The molecular formula is C23H39N3O4. The van der Waals surface area contributed by atoms with Crippen LogP contribution in [0.15, 0.2) is 0 Å². The Balaban J connectivity index is 2.84. The molecular weight excluding hydrogens is 382 g/mol. The molecule has 0 aliphatic carbocycles. The lowest BCUT2D eigenvalue weighted by Crippen LogP contribution is -2.50. The van der Waals surface area contributed by atoms with E-state index in [9.17, 15) is 14.4 Å². The monoisotopic (exact) mass is 421 g/mol. The van der Waals surface area contributed by atoms with E-state index < -0.39 is 23.2 Å². The molecule has 0 aromatic carbocycles. The molecule has 0 N–H and O–H groups in total. The highest BCUT2D eigenvalue weighted by Gasteiger charge is 2.38. The summed E-state index contributed by atoms with van der Waals surface area (Å²) in [6.07, 6.45) is 0.562. The van der Waals surface area contributed by atoms with Crippen LogP contribution >= 0.6 is 0 Å². The van der Waals surface area contributed by atoms with Gasteiger partial charge in [-0.25, -0.2) is 4.79 Å². The van der Waals surface area contributed by atoms with Crippen LogP contribution in [0.5, 0.6) is 0 Å². The van der Waals surface area contributed by atoms with Gasteiger partial charge in [-0.2, -0.15) is 0 Å². The lowest BCUT2D eigenvalue weighted by Gasteiger charge is -2.33. The summed E-state index contributed by atoms with van der Waals surface area (Å²) in [7, 11) is 5.46. The summed E-state index contributed by atoms with van der Waals surface area (Å²) in [5, 5.41) is 0. The molecule has 1 aliphatic rings. The average Bonchev–Trinajstić information content (AvgIpc) is 3.07. The highest BCUT2D eigenvalue weighted by atomic mass is 16.6.